The van der Waals surface area contributed by atoms with Gasteiger partial charge in [-0.2, -0.15) is 0 Å². The van der Waals surface area contributed by atoms with E-state index in [1.807, 2.05) is 22.9 Å². The standard InChI is InChI=1S/C6H5NO5S.C6H7OS/c8-7(9)5-3-1-2-4-6(5)13(10,11)12;1-7-6-2-4-8-5-3-6/h1-4H,(H,10,11,12);2-5H,1H3/q;+1/p-1. The van der Waals surface area contributed by atoms with E-state index in [-0.39, 0.29) is 0 Å². The topological polar surface area (TPSA) is 110 Å². The van der Waals surface area contributed by atoms with E-state index in [4.69, 9.17) is 4.74 Å². The minimum atomic E-state index is -4.77. The molecule has 2 rings (SSSR count). The van der Waals surface area contributed by atoms with E-state index < -0.39 is 25.6 Å². The van der Waals surface area contributed by atoms with Crippen LogP contribution in [0.4, 0.5) is 5.69 Å². The van der Waals surface area contributed by atoms with E-state index in [0.29, 0.717) is 0 Å². The lowest BCUT2D eigenvalue weighted by molar-refractivity contribution is -0.387. The third-order valence-electron chi connectivity index (χ3n) is 2.19. The SMILES string of the molecule is COc1cc[s+]cc1.O=[N+]([O-])c1ccccc1S(=O)(=O)[O-]. The van der Waals surface area contributed by atoms with E-state index in [1.165, 1.54) is 12.1 Å². The fraction of sp³-hybridized carbons (Fsp3) is 0.0833. The summed E-state index contributed by atoms with van der Waals surface area (Å²) >= 11 is 1.65. The predicted octanol–water partition coefficient (Wildman–Crippen LogP) is 2.54. The lowest BCUT2D eigenvalue weighted by atomic mass is 10.3. The van der Waals surface area contributed by atoms with Gasteiger partial charge in [0, 0.05) is 18.2 Å². The molecule has 0 saturated heterocycles. The number of benzene rings is 1. The molecule has 0 aliphatic carbocycles. The lowest BCUT2D eigenvalue weighted by Gasteiger charge is -2.06. The zero-order valence-corrected chi connectivity index (χ0v) is 12.5. The van der Waals surface area contributed by atoms with Gasteiger partial charge < -0.3 is 9.29 Å². The smallest absolute Gasteiger partial charge is 0.286 e. The molecule has 0 fully saturated rings. The van der Waals surface area contributed by atoms with Crippen molar-refractivity contribution in [3.05, 3.63) is 57.3 Å². The Morgan fingerprint density at radius 2 is 1.71 bits per heavy atom. The molecular formula is C12H11NO6S2. The summed E-state index contributed by atoms with van der Waals surface area (Å²) in [7, 11) is -3.10. The molecule has 0 radical (unpaired) electrons. The Bertz CT molecular complexity index is 703. The molecular weight excluding hydrogens is 318 g/mol. The van der Waals surface area contributed by atoms with E-state index in [2.05, 4.69) is 0 Å². The largest absolute Gasteiger partial charge is 0.744 e. The highest BCUT2D eigenvalue weighted by molar-refractivity contribution is 7.85. The van der Waals surface area contributed by atoms with Crippen LogP contribution in [0.1, 0.15) is 0 Å². The minimum absolute atomic E-state index is 0.697. The van der Waals surface area contributed by atoms with Gasteiger partial charge in [-0.05, 0) is 6.07 Å². The van der Waals surface area contributed by atoms with Gasteiger partial charge in [0.1, 0.15) is 20.8 Å². The van der Waals surface area contributed by atoms with E-state index >= 15 is 0 Å². The molecule has 0 atom stereocenters. The second-order valence-corrected chi connectivity index (χ2v) is 5.69. The highest BCUT2D eigenvalue weighted by Gasteiger charge is 2.16. The molecule has 1 aromatic carbocycles. The third kappa shape index (κ3) is 5.42. The Labute approximate surface area is 125 Å². The number of methoxy groups -OCH3 is 1. The molecule has 9 heteroatoms. The predicted molar refractivity (Wildman–Crippen MR) is 76.3 cm³/mol. The number of ether oxygens (including phenoxy) is 1. The molecule has 0 N–H and O–H groups in total. The maximum atomic E-state index is 10.5. The van der Waals surface area contributed by atoms with E-state index in [1.54, 1.807) is 18.4 Å². The number of hydrogen-bond donors (Lipinski definition) is 0. The van der Waals surface area contributed by atoms with Crippen LogP contribution in [0.3, 0.4) is 0 Å². The Kier molecular flexibility index (Phi) is 6.15. The van der Waals surface area contributed by atoms with Gasteiger partial charge in [0.25, 0.3) is 5.69 Å². The minimum Gasteiger partial charge on any atom is -0.744 e. The van der Waals surface area contributed by atoms with E-state index in [9.17, 15) is 23.1 Å². The summed E-state index contributed by atoms with van der Waals surface area (Å²) in [6, 6.07) is 8.27. The summed E-state index contributed by atoms with van der Waals surface area (Å²) in [6.45, 7) is 0. The molecule has 2 aromatic rings. The van der Waals surface area contributed by atoms with Crippen molar-refractivity contribution in [2.45, 2.75) is 4.90 Å². The van der Waals surface area contributed by atoms with Crippen LogP contribution in [0.25, 0.3) is 0 Å². The molecule has 0 amide bonds. The van der Waals surface area contributed by atoms with Crippen LogP contribution in [0.15, 0.2) is 52.1 Å². The molecule has 0 aliphatic heterocycles. The fourth-order valence-corrected chi connectivity index (χ4v) is 2.43. The number of para-hydroxylation sites is 1. The molecule has 1 aromatic heterocycles. The first-order valence-corrected chi connectivity index (χ1v) is 7.80. The van der Waals surface area contributed by atoms with Gasteiger partial charge in [0.05, 0.1) is 12.0 Å². The van der Waals surface area contributed by atoms with Gasteiger partial charge in [-0.15, -0.1) is 0 Å². The highest BCUT2D eigenvalue weighted by Crippen LogP contribution is 2.21. The average Bonchev–Trinajstić information content (AvgIpc) is 2.48. The Morgan fingerprint density at radius 1 is 1.14 bits per heavy atom. The third-order valence-corrected chi connectivity index (χ3v) is 3.66. The number of nitrogens with zero attached hydrogens (tertiary/aromatic N) is 1. The average molecular weight is 329 g/mol. The van der Waals surface area contributed by atoms with Crippen molar-refractivity contribution in [3.8, 4) is 5.75 Å². The zero-order valence-electron chi connectivity index (χ0n) is 10.8. The molecule has 0 spiro atoms. The summed E-state index contributed by atoms with van der Waals surface area (Å²) in [4.78, 5) is 8.55. The second kappa shape index (κ2) is 7.62. The van der Waals surface area contributed by atoms with Crippen LogP contribution in [0.5, 0.6) is 5.75 Å². The molecule has 0 aliphatic rings. The molecule has 21 heavy (non-hydrogen) atoms. The summed E-state index contributed by atoms with van der Waals surface area (Å²) < 4.78 is 36.4. The van der Waals surface area contributed by atoms with Crippen molar-refractivity contribution in [1.29, 1.82) is 0 Å². The van der Waals surface area contributed by atoms with Crippen molar-refractivity contribution in [3.63, 3.8) is 0 Å². The molecule has 1 heterocycles. The molecule has 112 valence electrons. The quantitative estimate of drug-likeness (QED) is 0.370. The van der Waals surface area contributed by atoms with Gasteiger partial charge in [-0.1, -0.05) is 12.1 Å². The zero-order chi connectivity index (χ0) is 15.9. The molecule has 0 unspecified atom stereocenters. The summed E-state index contributed by atoms with van der Waals surface area (Å²) in [5.74, 6) is 0.920. The maximum Gasteiger partial charge on any atom is 0.286 e. The summed E-state index contributed by atoms with van der Waals surface area (Å²) in [5.41, 5.74) is -0.697. The van der Waals surface area contributed by atoms with Gasteiger partial charge >= 0.3 is 0 Å². The molecule has 0 saturated carbocycles. The van der Waals surface area contributed by atoms with Crippen molar-refractivity contribution >= 4 is 27.1 Å². The van der Waals surface area contributed by atoms with Crippen LogP contribution in [0, 0.1) is 10.1 Å². The maximum absolute atomic E-state index is 10.5. The van der Waals surface area contributed by atoms with Crippen LogP contribution in [-0.2, 0) is 10.1 Å². The highest BCUT2D eigenvalue weighted by atomic mass is 32.2. The van der Waals surface area contributed by atoms with Crippen molar-refractivity contribution in [1.82, 2.24) is 0 Å². The first-order valence-electron chi connectivity index (χ1n) is 5.45. The van der Waals surface area contributed by atoms with Crippen LogP contribution in [0.2, 0.25) is 0 Å². The Morgan fingerprint density at radius 3 is 2.10 bits per heavy atom. The lowest BCUT2D eigenvalue weighted by Crippen LogP contribution is -2.02. The van der Waals surface area contributed by atoms with Gasteiger partial charge in [0.15, 0.2) is 10.8 Å². The van der Waals surface area contributed by atoms with E-state index in [0.717, 1.165) is 17.9 Å². The van der Waals surface area contributed by atoms with Crippen LogP contribution >= 0.6 is 11.3 Å². The van der Waals surface area contributed by atoms with Crippen molar-refractivity contribution in [2.75, 3.05) is 7.11 Å². The summed E-state index contributed by atoms with van der Waals surface area (Å²) in [6.07, 6.45) is 0. The van der Waals surface area contributed by atoms with Crippen LogP contribution in [-0.4, -0.2) is 25.0 Å². The van der Waals surface area contributed by atoms with Crippen molar-refractivity contribution < 1.29 is 22.6 Å². The first kappa shape index (κ1) is 17.0. The Balaban J connectivity index is 0.000000235. The molecule has 0 bridgehead atoms. The number of hydrogen-bond acceptors (Lipinski definition) is 6. The van der Waals surface area contributed by atoms with Gasteiger partial charge in [-0.25, -0.2) is 8.42 Å². The van der Waals surface area contributed by atoms with Crippen LogP contribution < -0.4 is 4.74 Å². The van der Waals surface area contributed by atoms with Gasteiger partial charge in [-0.3, -0.25) is 10.1 Å². The number of nitro benzene ring substituents is 1. The van der Waals surface area contributed by atoms with Gasteiger partial charge in [0.2, 0.25) is 11.3 Å². The molecule has 7 nitrogen and oxygen atoms in total. The fourth-order valence-electron chi connectivity index (χ4n) is 1.27. The summed E-state index contributed by atoms with van der Waals surface area (Å²) in [5, 5.41) is 14.2. The number of rotatable bonds is 3. The normalized spacial score (nSPS) is 10.2. The Hall–Kier alpha value is -2.10. The monoisotopic (exact) mass is 329 g/mol. The number of nitro groups is 1. The van der Waals surface area contributed by atoms with Crippen molar-refractivity contribution in [2.24, 2.45) is 0 Å². The first-order chi connectivity index (χ1) is 9.86. The second-order valence-electron chi connectivity index (χ2n) is 3.53.